The normalized spacial score (nSPS) is 24.2. The number of hydrogen-bond donors (Lipinski definition) is 2. The third kappa shape index (κ3) is 8.29. The van der Waals surface area contributed by atoms with Crippen LogP contribution in [-0.2, 0) is 9.59 Å². The number of ether oxygens (including phenoxy) is 3. The van der Waals surface area contributed by atoms with Crippen LogP contribution in [0.25, 0.3) is 0 Å². The molecule has 0 radical (unpaired) electrons. The minimum atomic E-state index is -1.01. The molecule has 4 fully saturated rings. The van der Waals surface area contributed by atoms with Crippen molar-refractivity contribution in [2.45, 2.75) is 102 Å². The molecule has 3 aromatic rings. The average molecular weight is 805 g/mol. The average Bonchev–Trinajstić information content (AvgIpc) is 3.44. The summed E-state index contributed by atoms with van der Waals surface area (Å²) in [4.78, 5) is 78.0. The number of nitriles is 1. The maximum atomic E-state index is 13.2. The number of methoxy groups -OCH3 is 1. The summed E-state index contributed by atoms with van der Waals surface area (Å²) in [5.74, 6) is 0.374. The summed E-state index contributed by atoms with van der Waals surface area (Å²) in [5.41, 5.74) is 1.32. The van der Waals surface area contributed by atoms with Crippen LogP contribution in [0.3, 0.4) is 0 Å². The lowest BCUT2D eigenvalue weighted by atomic mass is 9.85. The van der Waals surface area contributed by atoms with Crippen LogP contribution in [0, 0.1) is 17.2 Å². The van der Waals surface area contributed by atoms with Crippen molar-refractivity contribution in [2.75, 3.05) is 31.6 Å². The molecule has 2 aliphatic carbocycles. The van der Waals surface area contributed by atoms with E-state index in [9.17, 15) is 29.2 Å². The number of aromatic nitrogens is 2. The Labute approximate surface area is 342 Å². The van der Waals surface area contributed by atoms with Gasteiger partial charge in [0, 0.05) is 81.4 Å². The number of benzene rings is 2. The van der Waals surface area contributed by atoms with Gasteiger partial charge in [-0.15, -0.1) is 0 Å². The second-order valence-corrected chi connectivity index (χ2v) is 16.4. The van der Waals surface area contributed by atoms with E-state index in [-0.39, 0.29) is 48.1 Å². The van der Waals surface area contributed by atoms with Gasteiger partial charge in [-0.3, -0.25) is 39.1 Å². The van der Waals surface area contributed by atoms with Gasteiger partial charge in [0.1, 0.15) is 35.5 Å². The molecular formula is C43H48N8O8. The van der Waals surface area contributed by atoms with E-state index in [4.69, 9.17) is 14.2 Å². The molecule has 0 spiro atoms. The lowest BCUT2D eigenvalue weighted by Gasteiger charge is -2.48. The molecule has 308 valence electrons. The molecule has 4 heterocycles. The van der Waals surface area contributed by atoms with Crippen molar-refractivity contribution in [3.05, 3.63) is 71.0 Å². The minimum absolute atomic E-state index is 0.0187. The van der Waals surface area contributed by atoms with Crippen LogP contribution in [-0.4, -0.2) is 112 Å². The number of hydrogen-bond acceptors (Lipinski definition) is 13. The van der Waals surface area contributed by atoms with Gasteiger partial charge in [0.05, 0.1) is 35.5 Å². The molecular weight excluding hydrogens is 757 g/mol. The van der Waals surface area contributed by atoms with Crippen LogP contribution in [0.15, 0.2) is 48.8 Å². The second-order valence-electron chi connectivity index (χ2n) is 16.4. The SMILES string of the molecule is COc1cc(OC2CCC(NC(=O)c3cnc(N4CC(CN(C(C)C)C5CC(Oc6ccc7c(c6)C(=O)N(C6CCC(=O)NC6=O)C7=O)C5)C4)nc3)CC2)ccc1C#N. The van der Waals surface area contributed by atoms with Crippen LogP contribution in [0.1, 0.15) is 102 Å². The van der Waals surface area contributed by atoms with Gasteiger partial charge in [0.25, 0.3) is 17.7 Å². The van der Waals surface area contributed by atoms with E-state index in [0.29, 0.717) is 52.3 Å². The zero-order chi connectivity index (χ0) is 41.4. The number of imide groups is 2. The number of fused-ring (bicyclic) bond motifs is 1. The number of nitrogens with one attached hydrogen (secondary N) is 2. The number of carbonyl (C=O) groups excluding carboxylic acids is 5. The van der Waals surface area contributed by atoms with Gasteiger partial charge < -0.3 is 24.4 Å². The molecule has 3 aliphatic heterocycles. The van der Waals surface area contributed by atoms with Crippen molar-refractivity contribution in [3.8, 4) is 23.3 Å². The first kappa shape index (κ1) is 39.7. The highest BCUT2D eigenvalue weighted by Crippen LogP contribution is 2.36. The topological polar surface area (TPSA) is 196 Å². The van der Waals surface area contributed by atoms with Gasteiger partial charge in [-0.05, 0) is 76.3 Å². The summed E-state index contributed by atoms with van der Waals surface area (Å²) in [7, 11) is 1.53. The number of nitrogens with zero attached hydrogens (tertiary/aromatic N) is 6. The molecule has 2 saturated carbocycles. The maximum Gasteiger partial charge on any atom is 0.262 e. The van der Waals surface area contributed by atoms with E-state index in [2.05, 4.69) is 50.3 Å². The van der Waals surface area contributed by atoms with Crippen LogP contribution in [0.4, 0.5) is 5.95 Å². The largest absolute Gasteiger partial charge is 0.495 e. The Morgan fingerprint density at radius 3 is 2.29 bits per heavy atom. The fourth-order valence-corrected chi connectivity index (χ4v) is 8.77. The molecule has 16 heteroatoms. The monoisotopic (exact) mass is 804 g/mol. The smallest absolute Gasteiger partial charge is 0.262 e. The zero-order valence-electron chi connectivity index (χ0n) is 33.4. The standard InChI is InChI=1S/C43H48N8O8/c1-24(2)50(29-14-33(15-29)59-31-10-11-34-35(16-31)42(56)51(41(34)55)36-12-13-38(52)48-40(36)54)23-25-21-49(22-25)43-45-19-27(20-46-43)39(53)47-28-5-8-30(9-6-28)58-32-7-4-26(18-44)37(17-32)57-3/h4,7,10-11,16-17,19-20,24-25,28-30,33,36H,5-6,8-9,12-15,21-23H2,1-3H3,(H,47,53)(H,48,52,54). The summed E-state index contributed by atoms with van der Waals surface area (Å²) in [6.07, 6.45) is 8.17. The number of rotatable bonds is 13. The number of carbonyl (C=O) groups is 5. The number of anilines is 1. The third-order valence-corrected chi connectivity index (χ3v) is 12.1. The Balaban J connectivity index is 0.761. The molecule has 2 N–H and O–H groups in total. The molecule has 5 amide bonds. The van der Waals surface area contributed by atoms with Crippen LogP contribution in [0.2, 0.25) is 0 Å². The summed E-state index contributed by atoms with van der Waals surface area (Å²) < 4.78 is 17.7. The number of amides is 5. The van der Waals surface area contributed by atoms with E-state index in [1.165, 1.54) is 7.11 Å². The molecule has 59 heavy (non-hydrogen) atoms. The van der Waals surface area contributed by atoms with Gasteiger partial charge >= 0.3 is 0 Å². The zero-order valence-corrected chi connectivity index (χ0v) is 33.4. The fourth-order valence-electron chi connectivity index (χ4n) is 8.77. The first-order chi connectivity index (χ1) is 28.5. The van der Waals surface area contributed by atoms with E-state index in [1.54, 1.807) is 48.8 Å². The first-order valence-corrected chi connectivity index (χ1v) is 20.4. The van der Waals surface area contributed by atoms with Gasteiger partial charge in [-0.1, -0.05) is 0 Å². The van der Waals surface area contributed by atoms with Crippen LogP contribution in [0.5, 0.6) is 17.2 Å². The summed E-state index contributed by atoms with van der Waals surface area (Å²) in [5, 5.41) is 14.6. The Morgan fingerprint density at radius 2 is 1.61 bits per heavy atom. The van der Waals surface area contributed by atoms with Crippen molar-refractivity contribution < 1.29 is 38.2 Å². The molecule has 1 unspecified atom stereocenters. The predicted molar refractivity (Wildman–Crippen MR) is 212 cm³/mol. The van der Waals surface area contributed by atoms with Crippen molar-refractivity contribution in [3.63, 3.8) is 0 Å². The predicted octanol–water partition coefficient (Wildman–Crippen LogP) is 3.63. The Hall–Kier alpha value is -6.08. The molecule has 2 saturated heterocycles. The summed E-state index contributed by atoms with van der Waals surface area (Å²) >= 11 is 0. The van der Waals surface area contributed by atoms with E-state index >= 15 is 0 Å². The Morgan fingerprint density at radius 1 is 0.932 bits per heavy atom. The first-order valence-electron chi connectivity index (χ1n) is 20.4. The molecule has 16 nitrogen and oxygen atoms in total. The Bertz CT molecular complexity index is 2170. The second kappa shape index (κ2) is 16.6. The van der Waals surface area contributed by atoms with Crippen LogP contribution < -0.4 is 29.7 Å². The summed E-state index contributed by atoms with van der Waals surface area (Å²) in [6.45, 7) is 6.96. The lowest BCUT2D eigenvalue weighted by molar-refractivity contribution is -0.136. The van der Waals surface area contributed by atoms with Crippen molar-refractivity contribution in [1.82, 2.24) is 30.4 Å². The van der Waals surface area contributed by atoms with Crippen molar-refractivity contribution in [1.29, 1.82) is 5.26 Å². The Kier molecular flexibility index (Phi) is 11.2. The maximum absolute atomic E-state index is 13.2. The van der Waals surface area contributed by atoms with Crippen molar-refractivity contribution in [2.24, 2.45) is 5.92 Å². The van der Waals surface area contributed by atoms with E-state index in [1.807, 2.05) is 0 Å². The van der Waals surface area contributed by atoms with E-state index in [0.717, 1.165) is 63.1 Å². The van der Waals surface area contributed by atoms with E-state index < -0.39 is 29.7 Å². The van der Waals surface area contributed by atoms with Crippen LogP contribution >= 0.6 is 0 Å². The van der Waals surface area contributed by atoms with Gasteiger partial charge in [-0.25, -0.2) is 9.97 Å². The van der Waals surface area contributed by atoms with Gasteiger partial charge in [0.2, 0.25) is 17.8 Å². The quantitative estimate of drug-likeness (QED) is 0.238. The fraction of sp³-hybridized carbons (Fsp3) is 0.488. The molecule has 0 bridgehead atoms. The molecule has 1 atom stereocenters. The number of piperidine rings is 1. The lowest BCUT2D eigenvalue weighted by Crippen LogP contribution is -2.58. The van der Waals surface area contributed by atoms with Crippen molar-refractivity contribution >= 4 is 35.5 Å². The molecule has 2 aromatic carbocycles. The van der Waals surface area contributed by atoms with Gasteiger partial charge in [0.15, 0.2) is 0 Å². The highest BCUT2D eigenvalue weighted by Gasteiger charge is 2.45. The molecule has 8 rings (SSSR count). The summed E-state index contributed by atoms with van der Waals surface area (Å²) in [6, 6.07) is 11.9. The highest BCUT2D eigenvalue weighted by molar-refractivity contribution is 6.23. The highest BCUT2D eigenvalue weighted by atomic mass is 16.5. The van der Waals surface area contributed by atoms with Gasteiger partial charge in [-0.2, -0.15) is 5.26 Å². The molecule has 1 aromatic heterocycles. The molecule has 5 aliphatic rings. The minimum Gasteiger partial charge on any atom is -0.495 e. The third-order valence-electron chi connectivity index (χ3n) is 12.1.